The maximum atomic E-state index is 12.1. The average Bonchev–Trinajstić information content (AvgIpc) is 2.50. The third kappa shape index (κ3) is 0.881. The van der Waals surface area contributed by atoms with Gasteiger partial charge in [-0.05, 0) is 49.0 Å². The molecule has 3 aliphatic carbocycles. The Morgan fingerprint density at radius 2 is 1.94 bits per heavy atom. The summed E-state index contributed by atoms with van der Waals surface area (Å²) in [5.74, 6) is 1.94. The van der Waals surface area contributed by atoms with Gasteiger partial charge in [-0.25, -0.2) is 0 Å². The third-order valence-electron chi connectivity index (χ3n) is 6.26. The molecule has 0 amide bonds. The normalized spacial score (nSPS) is 45.1. The van der Waals surface area contributed by atoms with Crippen molar-refractivity contribution in [3.8, 4) is 0 Å². The molecule has 1 spiro atoms. The molecule has 0 aromatic heterocycles. The zero-order valence-electron chi connectivity index (χ0n) is 10.9. The molecule has 1 nitrogen and oxygen atoms in total. The second kappa shape index (κ2) is 2.80. The van der Waals surface area contributed by atoms with Crippen LogP contribution in [0.25, 0.3) is 0 Å². The second-order valence-corrected chi connectivity index (χ2v) is 6.78. The van der Waals surface area contributed by atoms with Gasteiger partial charge in [0.25, 0.3) is 0 Å². The van der Waals surface area contributed by atoms with Crippen molar-refractivity contribution >= 4 is 5.78 Å². The SMILES string of the molecule is CC1=C2C[C@H]3CC[C@H](C)[C@]2(CC1=O)C3(C)C. The molecule has 0 aromatic rings. The molecule has 3 rings (SSSR count). The lowest BCUT2D eigenvalue weighted by atomic mass is 9.53. The van der Waals surface area contributed by atoms with E-state index >= 15 is 0 Å². The minimum atomic E-state index is 0.233. The van der Waals surface area contributed by atoms with Crippen LogP contribution in [0.5, 0.6) is 0 Å². The van der Waals surface area contributed by atoms with Gasteiger partial charge in [-0.3, -0.25) is 4.79 Å². The summed E-state index contributed by atoms with van der Waals surface area (Å²) in [5.41, 5.74) is 3.23. The molecule has 2 saturated carbocycles. The molecule has 0 N–H and O–H groups in total. The van der Waals surface area contributed by atoms with Crippen molar-refractivity contribution in [3.05, 3.63) is 11.1 Å². The van der Waals surface area contributed by atoms with E-state index in [4.69, 9.17) is 0 Å². The first-order valence-corrected chi connectivity index (χ1v) is 6.64. The van der Waals surface area contributed by atoms with Crippen LogP contribution < -0.4 is 0 Å². The van der Waals surface area contributed by atoms with Gasteiger partial charge in [0, 0.05) is 11.8 Å². The van der Waals surface area contributed by atoms with Gasteiger partial charge in [0.2, 0.25) is 0 Å². The fourth-order valence-corrected chi connectivity index (χ4v) is 5.08. The van der Waals surface area contributed by atoms with Crippen molar-refractivity contribution in [2.24, 2.45) is 22.7 Å². The fraction of sp³-hybridized carbons (Fsp3) is 0.800. The average molecular weight is 218 g/mol. The minimum absolute atomic E-state index is 0.233. The van der Waals surface area contributed by atoms with Crippen molar-refractivity contribution in [2.75, 3.05) is 0 Å². The van der Waals surface area contributed by atoms with E-state index in [9.17, 15) is 4.79 Å². The molecule has 3 aliphatic rings. The molecule has 2 bridgehead atoms. The predicted octanol–water partition coefficient (Wildman–Crippen LogP) is 3.74. The first-order chi connectivity index (χ1) is 7.41. The summed E-state index contributed by atoms with van der Waals surface area (Å²) in [6.45, 7) is 9.25. The molecule has 1 heteroatoms. The quantitative estimate of drug-likeness (QED) is 0.605. The van der Waals surface area contributed by atoms with Gasteiger partial charge >= 0.3 is 0 Å². The number of allylic oxidation sites excluding steroid dienone is 2. The smallest absolute Gasteiger partial charge is 0.159 e. The Kier molecular flexibility index (Phi) is 1.85. The maximum absolute atomic E-state index is 12.1. The van der Waals surface area contributed by atoms with Gasteiger partial charge < -0.3 is 0 Å². The molecular formula is C15H22O. The molecule has 16 heavy (non-hydrogen) atoms. The summed E-state index contributed by atoms with van der Waals surface area (Å²) < 4.78 is 0. The largest absolute Gasteiger partial charge is 0.295 e. The van der Waals surface area contributed by atoms with E-state index in [2.05, 4.69) is 27.7 Å². The predicted molar refractivity (Wildman–Crippen MR) is 65.0 cm³/mol. The van der Waals surface area contributed by atoms with Crippen LogP contribution in [0.3, 0.4) is 0 Å². The van der Waals surface area contributed by atoms with E-state index < -0.39 is 0 Å². The summed E-state index contributed by atoms with van der Waals surface area (Å²) in [6.07, 6.45) is 4.69. The van der Waals surface area contributed by atoms with E-state index in [1.165, 1.54) is 24.8 Å². The zero-order valence-corrected chi connectivity index (χ0v) is 10.9. The molecule has 2 fully saturated rings. The number of ketones is 1. The van der Waals surface area contributed by atoms with E-state index in [1.807, 2.05) is 0 Å². The van der Waals surface area contributed by atoms with E-state index in [-0.39, 0.29) is 5.41 Å². The fourth-order valence-electron chi connectivity index (χ4n) is 5.08. The lowest BCUT2D eigenvalue weighted by Gasteiger charge is -2.51. The van der Waals surface area contributed by atoms with Crippen LogP contribution in [0.15, 0.2) is 11.1 Å². The highest BCUT2D eigenvalue weighted by molar-refractivity contribution is 6.00. The van der Waals surface area contributed by atoms with Crippen LogP contribution in [-0.4, -0.2) is 5.78 Å². The lowest BCUT2D eigenvalue weighted by molar-refractivity contribution is -0.119. The van der Waals surface area contributed by atoms with Gasteiger partial charge in [0.1, 0.15) is 0 Å². The van der Waals surface area contributed by atoms with E-state index in [0.717, 1.165) is 17.9 Å². The van der Waals surface area contributed by atoms with Gasteiger partial charge in [-0.2, -0.15) is 0 Å². The van der Waals surface area contributed by atoms with Crippen LogP contribution in [0, 0.1) is 22.7 Å². The lowest BCUT2D eigenvalue weighted by Crippen LogP contribution is -2.45. The van der Waals surface area contributed by atoms with Gasteiger partial charge in [0.15, 0.2) is 5.78 Å². The van der Waals surface area contributed by atoms with Gasteiger partial charge in [-0.1, -0.05) is 26.3 Å². The molecule has 88 valence electrons. The number of Topliss-reactive ketones (excluding diaryl/α,β-unsaturated/α-hetero) is 1. The van der Waals surface area contributed by atoms with E-state index in [1.54, 1.807) is 0 Å². The molecule has 0 unspecified atom stereocenters. The summed E-state index contributed by atoms with van der Waals surface area (Å²) in [7, 11) is 0. The van der Waals surface area contributed by atoms with Crippen molar-refractivity contribution in [3.63, 3.8) is 0 Å². The number of fused-ring (bicyclic) bond motifs is 1. The summed E-state index contributed by atoms with van der Waals surface area (Å²) in [4.78, 5) is 12.1. The molecule has 0 saturated heterocycles. The van der Waals surface area contributed by atoms with Crippen molar-refractivity contribution in [2.45, 2.75) is 53.4 Å². The second-order valence-electron chi connectivity index (χ2n) is 6.78. The topological polar surface area (TPSA) is 17.1 Å². The first kappa shape index (κ1) is 10.6. The minimum Gasteiger partial charge on any atom is -0.295 e. The molecular weight excluding hydrogens is 196 g/mol. The van der Waals surface area contributed by atoms with Crippen LogP contribution in [-0.2, 0) is 4.79 Å². The van der Waals surface area contributed by atoms with E-state index in [0.29, 0.717) is 17.1 Å². The number of rotatable bonds is 0. The van der Waals surface area contributed by atoms with Crippen molar-refractivity contribution < 1.29 is 4.79 Å². The van der Waals surface area contributed by atoms with Crippen LogP contribution in [0.4, 0.5) is 0 Å². The number of hydrogen-bond acceptors (Lipinski definition) is 1. The molecule has 0 heterocycles. The molecule has 0 aromatic carbocycles. The summed E-state index contributed by atoms with van der Waals surface area (Å²) in [6, 6.07) is 0. The number of hydrogen-bond donors (Lipinski definition) is 0. The Hall–Kier alpha value is -0.590. The van der Waals surface area contributed by atoms with Gasteiger partial charge in [-0.15, -0.1) is 0 Å². The molecule has 3 atom stereocenters. The molecule has 0 aliphatic heterocycles. The van der Waals surface area contributed by atoms with Crippen LogP contribution in [0.2, 0.25) is 0 Å². The summed E-state index contributed by atoms with van der Waals surface area (Å²) in [5, 5.41) is 0. The molecule has 0 radical (unpaired) electrons. The standard InChI is InChI=1S/C15H22O/c1-9-5-6-11-7-12-10(2)13(16)8-15(9,12)14(11,3)4/h9,11H,5-8H2,1-4H3/t9-,11+,15-/m0/s1. The summed E-state index contributed by atoms with van der Waals surface area (Å²) >= 11 is 0. The Labute approximate surface area is 98.3 Å². The van der Waals surface area contributed by atoms with Crippen LogP contribution >= 0.6 is 0 Å². The highest BCUT2D eigenvalue weighted by atomic mass is 16.1. The van der Waals surface area contributed by atoms with Crippen LogP contribution in [0.1, 0.15) is 53.4 Å². The Morgan fingerprint density at radius 3 is 2.62 bits per heavy atom. The monoisotopic (exact) mass is 218 g/mol. The third-order valence-corrected chi connectivity index (χ3v) is 6.26. The maximum Gasteiger partial charge on any atom is 0.159 e. The zero-order chi connectivity index (χ0) is 11.7. The first-order valence-electron chi connectivity index (χ1n) is 6.64. The van der Waals surface area contributed by atoms with Gasteiger partial charge in [0.05, 0.1) is 0 Å². The number of carbonyl (C=O) groups is 1. The Balaban J connectivity index is 2.24. The number of carbonyl (C=O) groups excluding carboxylic acids is 1. The van der Waals surface area contributed by atoms with Crippen molar-refractivity contribution in [1.29, 1.82) is 0 Å². The Morgan fingerprint density at radius 1 is 1.25 bits per heavy atom. The highest BCUT2D eigenvalue weighted by Crippen LogP contribution is 2.71. The van der Waals surface area contributed by atoms with Crippen molar-refractivity contribution in [1.82, 2.24) is 0 Å². The Bertz CT molecular complexity index is 402. The highest BCUT2D eigenvalue weighted by Gasteiger charge is 2.65.